The Morgan fingerprint density at radius 1 is 1.56 bits per heavy atom. The summed E-state index contributed by atoms with van der Waals surface area (Å²) in [5, 5.41) is 17.5. The molecule has 0 bridgehead atoms. The Bertz CT molecular complexity index is 453. The van der Waals surface area contributed by atoms with E-state index in [2.05, 4.69) is 10.4 Å². The molecule has 0 fully saturated rings. The Labute approximate surface area is 105 Å². The SMILES string of the molecule is Cc1nn(C(C)C(=O)NCC(C)C)cc1[N+](=O)[O-]. The van der Waals surface area contributed by atoms with Gasteiger partial charge in [0.2, 0.25) is 5.91 Å². The third-order valence-electron chi connectivity index (χ3n) is 2.55. The largest absolute Gasteiger partial charge is 0.354 e. The van der Waals surface area contributed by atoms with Gasteiger partial charge in [-0.25, -0.2) is 0 Å². The summed E-state index contributed by atoms with van der Waals surface area (Å²) in [6.45, 7) is 7.77. The molecule has 0 aliphatic carbocycles. The molecular formula is C11H18N4O3. The molecular weight excluding hydrogens is 236 g/mol. The number of amides is 1. The molecule has 0 spiro atoms. The summed E-state index contributed by atoms with van der Waals surface area (Å²) < 4.78 is 1.32. The van der Waals surface area contributed by atoms with Crippen LogP contribution in [-0.2, 0) is 4.79 Å². The van der Waals surface area contributed by atoms with Crippen molar-refractivity contribution in [3.05, 3.63) is 22.0 Å². The topological polar surface area (TPSA) is 90.1 Å². The summed E-state index contributed by atoms with van der Waals surface area (Å²) in [4.78, 5) is 22.0. The first kappa shape index (κ1) is 14.1. The van der Waals surface area contributed by atoms with Gasteiger partial charge in [-0.05, 0) is 19.8 Å². The van der Waals surface area contributed by atoms with Crippen LogP contribution < -0.4 is 5.32 Å². The van der Waals surface area contributed by atoms with E-state index in [0.717, 1.165) is 0 Å². The summed E-state index contributed by atoms with van der Waals surface area (Å²) in [5.41, 5.74) is 0.238. The normalized spacial score (nSPS) is 12.5. The van der Waals surface area contributed by atoms with Gasteiger partial charge >= 0.3 is 5.69 Å². The lowest BCUT2D eigenvalue weighted by Crippen LogP contribution is -2.33. The van der Waals surface area contributed by atoms with Crippen molar-refractivity contribution >= 4 is 11.6 Å². The predicted molar refractivity (Wildman–Crippen MR) is 66.2 cm³/mol. The Morgan fingerprint density at radius 2 is 2.17 bits per heavy atom. The molecule has 1 aromatic rings. The predicted octanol–water partition coefficient (Wildman–Crippen LogP) is 1.43. The van der Waals surface area contributed by atoms with E-state index < -0.39 is 11.0 Å². The quantitative estimate of drug-likeness (QED) is 0.635. The Morgan fingerprint density at radius 3 is 2.61 bits per heavy atom. The van der Waals surface area contributed by atoms with Gasteiger partial charge in [0.25, 0.3) is 0 Å². The van der Waals surface area contributed by atoms with Crippen molar-refractivity contribution < 1.29 is 9.72 Å². The average molecular weight is 254 g/mol. The van der Waals surface area contributed by atoms with Gasteiger partial charge in [0.15, 0.2) is 0 Å². The first-order valence-corrected chi connectivity index (χ1v) is 5.80. The third kappa shape index (κ3) is 3.28. The van der Waals surface area contributed by atoms with Gasteiger partial charge in [-0.2, -0.15) is 5.10 Å². The van der Waals surface area contributed by atoms with Crippen LogP contribution in [0.1, 0.15) is 32.5 Å². The van der Waals surface area contributed by atoms with Crippen LogP contribution >= 0.6 is 0 Å². The van der Waals surface area contributed by atoms with E-state index in [-0.39, 0.29) is 11.6 Å². The van der Waals surface area contributed by atoms with E-state index in [1.165, 1.54) is 10.9 Å². The number of aromatic nitrogens is 2. The number of hydrogen-bond acceptors (Lipinski definition) is 4. The maximum Gasteiger partial charge on any atom is 0.309 e. The molecule has 7 heteroatoms. The number of hydrogen-bond donors (Lipinski definition) is 1. The van der Waals surface area contributed by atoms with Crippen LogP contribution in [0.15, 0.2) is 6.20 Å². The van der Waals surface area contributed by atoms with Gasteiger partial charge in [-0.15, -0.1) is 0 Å². The van der Waals surface area contributed by atoms with Gasteiger partial charge in [0.05, 0.1) is 4.92 Å². The van der Waals surface area contributed by atoms with E-state index >= 15 is 0 Å². The fourth-order valence-electron chi connectivity index (χ4n) is 1.42. The molecule has 0 saturated carbocycles. The van der Waals surface area contributed by atoms with Crippen molar-refractivity contribution in [3.63, 3.8) is 0 Å². The van der Waals surface area contributed by atoms with Crippen LogP contribution in [0.4, 0.5) is 5.69 Å². The van der Waals surface area contributed by atoms with Crippen LogP contribution in [-0.4, -0.2) is 27.2 Å². The van der Waals surface area contributed by atoms with Gasteiger partial charge in [-0.1, -0.05) is 13.8 Å². The first-order chi connectivity index (χ1) is 8.32. The Hall–Kier alpha value is -1.92. The molecule has 18 heavy (non-hydrogen) atoms. The molecule has 0 saturated heterocycles. The molecule has 1 amide bonds. The van der Waals surface area contributed by atoms with Crippen LogP contribution in [0.5, 0.6) is 0 Å². The van der Waals surface area contributed by atoms with Crippen molar-refractivity contribution in [2.24, 2.45) is 5.92 Å². The van der Waals surface area contributed by atoms with E-state index in [0.29, 0.717) is 18.2 Å². The van der Waals surface area contributed by atoms with E-state index in [1.54, 1.807) is 13.8 Å². The molecule has 1 N–H and O–H groups in total. The van der Waals surface area contributed by atoms with Crippen molar-refractivity contribution in [1.29, 1.82) is 0 Å². The highest BCUT2D eigenvalue weighted by Crippen LogP contribution is 2.18. The minimum atomic E-state index is -0.559. The standard InChI is InChI=1S/C11H18N4O3/c1-7(2)5-12-11(16)9(4)14-6-10(15(17)18)8(3)13-14/h6-7,9H,5H2,1-4H3,(H,12,16). The molecule has 0 aliphatic heterocycles. The lowest BCUT2D eigenvalue weighted by molar-refractivity contribution is -0.385. The number of carbonyl (C=O) groups excluding carboxylic acids is 1. The van der Waals surface area contributed by atoms with Crippen LogP contribution in [0, 0.1) is 23.0 Å². The molecule has 1 rings (SSSR count). The molecule has 1 heterocycles. The first-order valence-electron chi connectivity index (χ1n) is 5.80. The van der Waals surface area contributed by atoms with Crippen LogP contribution in [0.25, 0.3) is 0 Å². The van der Waals surface area contributed by atoms with Crippen molar-refractivity contribution in [2.75, 3.05) is 6.54 Å². The van der Waals surface area contributed by atoms with Crippen LogP contribution in [0.3, 0.4) is 0 Å². The minimum Gasteiger partial charge on any atom is -0.354 e. The highest BCUT2D eigenvalue weighted by atomic mass is 16.6. The van der Waals surface area contributed by atoms with E-state index in [1.807, 2.05) is 13.8 Å². The summed E-state index contributed by atoms with van der Waals surface area (Å²) in [5.74, 6) is 0.163. The number of aryl methyl sites for hydroxylation is 1. The maximum absolute atomic E-state index is 11.8. The molecule has 1 aromatic heterocycles. The molecule has 0 aliphatic rings. The maximum atomic E-state index is 11.8. The van der Waals surface area contributed by atoms with Gasteiger partial charge in [0.1, 0.15) is 17.9 Å². The molecule has 100 valence electrons. The summed E-state index contributed by atoms with van der Waals surface area (Å²) >= 11 is 0. The number of rotatable bonds is 5. The number of nitrogens with one attached hydrogen (secondary N) is 1. The monoisotopic (exact) mass is 254 g/mol. The minimum absolute atomic E-state index is 0.0708. The third-order valence-corrected chi connectivity index (χ3v) is 2.55. The molecule has 1 unspecified atom stereocenters. The fraction of sp³-hybridized carbons (Fsp3) is 0.636. The highest BCUT2D eigenvalue weighted by Gasteiger charge is 2.21. The second-order valence-electron chi connectivity index (χ2n) is 4.65. The van der Waals surface area contributed by atoms with Crippen molar-refractivity contribution in [1.82, 2.24) is 15.1 Å². The molecule has 7 nitrogen and oxygen atoms in total. The zero-order valence-corrected chi connectivity index (χ0v) is 11.0. The molecule has 0 aromatic carbocycles. The molecule has 0 radical (unpaired) electrons. The number of carbonyl (C=O) groups is 1. The summed E-state index contributed by atoms with van der Waals surface area (Å²) in [7, 11) is 0. The zero-order valence-electron chi connectivity index (χ0n) is 11.0. The lowest BCUT2D eigenvalue weighted by Gasteiger charge is -2.13. The van der Waals surface area contributed by atoms with Crippen molar-refractivity contribution in [3.8, 4) is 0 Å². The number of nitrogens with zero attached hydrogens (tertiary/aromatic N) is 3. The van der Waals surface area contributed by atoms with Crippen molar-refractivity contribution in [2.45, 2.75) is 33.7 Å². The second-order valence-corrected chi connectivity index (χ2v) is 4.65. The number of nitro groups is 1. The van der Waals surface area contributed by atoms with E-state index in [9.17, 15) is 14.9 Å². The zero-order chi connectivity index (χ0) is 13.9. The summed E-state index contributed by atoms with van der Waals surface area (Å²) in [6.07, 6.45) is 1.29. The van der Waals surface area contributed by atoms with Gasteiger partial charge in [-0.3, -0.25) is 19.6 Å². The Kier molecular flexibility index (Phi) is 4.41. The molecule has 1 atom stereocenters. The summed E-state index contributed by atoms with van der Waals surface area (Å²) in [6, 6.07) is -0.559. The van der Waals surface area contributed by atoms with E-state index in [4.69, 9.17) is 0 Å². The smallest absolute Gasteiger partial charge is 0.309 e. The second kappa shape index (κ2) is 5.61. The highest BCUT2D eigenvalue weighted by molar-refractivity contribution is 5.79. The fourth-order valence-corrected chi connectivity index (χ4v) is 1.42. The average Bonchev–Trinajstić information content (AvgIpc) is 2.67. The van der Waals surface area contributed by atoms with Gasteiger partial charge < -0.3 is 5.32 Å². The lowest BCUT2D eigenvalue weighted by atomic mass is 10.2. The van der Waals surface area contributed by atoms with Gasteiger partial charge in [0, 0.05) is 6.54 Å². The van der Waals surface area contributed by atoms with Crippen LogP contribution in [0.2, 0.25) is 0 Å². The Balaban J connectivity index is 2.77.